The van der Waals surface area contributed by atoms with E-state index in [1.54, 1.807) is 0 Å². The molecule has 4 aromatic rings. The number of hydrogen-bond donors (Lipinski definition) is 5. The topological polar surface area (TPSA) is 260 Å². The highest BCUT2D eigenvalue weighted by molar-refractivity contribution is 8.46. The normalized spacial score (nSPS) is 37.1. The zero-order chi connectivity index (χ0) is 30.0. The summed E-state index contributed by atoms with van der Waals surface area (Å²) in [6, 6.07) is 0. The maximum absolute atomic E-state index is 13.6. The van der Waals surface area contributed by atoms with Gasteiger partial charge in [0, 0.05) is 6.16 Å². The van der Waals surface area contributed by atoms with Crippen molar-refractivity contribution in [2.75, 3.05) is 24.2 Å². The Labute approximate surface area is 247 Å². The molecular weight excluding hydrogens is 630 g/mol. The van der Waals surface area contributed by atoms with Crippen LogP contribution in [-0.4, -0.2) is 98.6 Å². The average molecular weight is 657 g/mol. The largest absolute Gasteiger partial charge is 0.387 e. The summed E-state index contributed by atoms with van der Waals surface area (Å²) >= 11 is 4.29. The minimum Gasteiger partial charge on any atom is -0.387 e. The van der Waals surface area contributed by atoms with Crippen LogP contribution in [-0.2, 0) is 32.2 Å². The van der Waals surface area contributed by atoms with Crippen molar-refractivity contribution in [3.63, 3.8) is 0 Å². The minimum absolute atomic E-state index is 0.00394. The van der Waals surface area contributed by atoms with Gasteiger partial charge in [0.1, 0.15) is 54.2 Å². The van der Waals surface area contributed by atoms with E-state index in [-0.39, 0.29) is 29.9 Å². The molecule has 7 heterocycles. The van der Waals surface area contributed by atoms with Crippen LogP contribution in [0.15, 0.2) is 25.3 Å². The van der Waals surface area contributed by atoms with Gasteiger partial charge in [-0.05, 0) is 6.42 Å². The third kappa shape index (κ3) is 5.10. The smallest absolute Gasteiger partial charge is 0.319 e. The number of fused-ring (bicyclic) bond motifs is 5. The van der Waals surface area contributed by atoms with Crippen molar-refractivity contribution in [2.45, 2.75) is 55.5 Å². The van der Waals surface area contributed by atoms with E-state index in [0.717, 1.165) is 0 Å². The number of thiol groups is 1. The van der Waals surface area contributed by atoms with E-state index in [9.17, 15) is 19.3 Å². The molecule has 6 N–H and O–H groups in total. The van der Waals surface area contributed by atoms with Crippen molar-refractivity contribution in [2.24, 2.45) is 0 Å². The number of ether oxygens (including phenoxy) is 2. The molecule has 0 aromatic carbocycles. The second-order valence-corrected chi connectivity index (χ2v) is 14.9. The van der Waals surface area contributed by atoms with E-state index in [4.69, 9.17) is 34.5 Å². The van der Waals surface area contributed by atoms with Crippen LogP contribution in [0.5, 0.6) is 0 Å². The van der Waals surface area contributed by atoms with Crippen molar-refractivity contribution in [1.82, 2.24) is 39.0 Å². The predicted molar refractivity (Wildman–Crippen MR) is 150 cm³/mol. The lowest BCUT2D eigenvalue weighted by Gasteiger charge is -2.25. The highest BCUT2D eigenvalue weighted by atomic mass is 32.7. The molecule has 4 aromatic heterocycles. The van der Waals surface area contributed by atoms with Crippen molar-refractivity contribution < 1.29 is 42.4 Å². The molecule has 22 heteroatoms. The minimum atomic E-state index is -3.75. The molecule has 7 rings (SSSR count). The van der Waals surface area contributed by atoms with Gasteiger partial charge in [-0.1, -0.05) is 12.2 Å². The number of anilines is 2. The SMILES string of the molecule is Nc1ncnc2c1ncn2[C@@H]1O[C@@H]2CO[PH](=O)O[C@@H]3[C@H](O)[C@@H](CC[P@@](=O)(S)O[C@H]2[C@H]1O)O[C@H]3n1cnc2c(N)ncnc21. The molecule has 0 saturated carbocycles. The molecule has 3 aliphatic heterocycles. The number of nitrogens with zero attached hydrogens (tertiary/aromatic N) is 8. The van der Waals surface area contributed by atoms with E-state index in [1.807, 2.05) is 0 Å². The van der Waals surface area contributed by atoms with E-state index in [0.29, 0.717) is 16.7 Å². The lowest BCUT2D eigenvalue weighted by Crippen LogP contribution is -2.35. The Morgan fingerprint density at radius 1 is 0.884 bits per heavy atom. The third-order valence-corrected chi connectivity index (χ3v) is 10.7. The first-order valence-corrected chi connectivity index (χ1v) is 17.2. The van der Waals surface area contributed by atoms with Gasteiger partial charge in [-0.3, -0.25) is 22.8 Å². The number of imidazole rings is 2. The first kappa shape index (κ1) is 29.0. The molecule has 0 radical (unpaired) electrons. The molecule has 0 spiro atoms. The molecule has 230 valence electrons. The number of nitrogens with two attached hydrogens (primary N) is 2. The molecule has 19 nitrogen and oxygen atoms in total. The lowest BCUT2D eigenvalue weighted by atomic mass is 10.1. The van der Waals surface area contributed by atoms with Crippen molar-refractivity contribution in [1.29, 1.82) is 0 Å². The van der Waals surface area contributed by atoms with Crippen LogP contribution in [0.4, 0.5) is 11.6 Å². The molecule has 0 aliphatic carbocycles. The molecular formula is C21H26N10O9P2S. The summed E-state index contributed by atoms with van der Waals surface area (Å²) in [5.41, 5.74) is 13.0. The highest BCUT2D eigenvalue weighted by Gasteiger charge is 2.51. The number of aromatic nitrogens is 8. The molecule has 3 saturated heterocycles. The Kier molecular flexibility index (Phi) is 7.40. The molecule has 43 heavy (non-hydrogen) atoms. The summed E-state index contributed by atoms with van der Waals surface area (Å²) in [5, 5.41) is 22.4. The van der Waals surface area contributed by atoms with Gasteiger partial charge in [-0.15, -0.1) is 0 Å². The standard InChI is InChI=1S/C21H26N10O9P2S/c22-16-10-18(26-4-24-16)30(6-28-10)20-13(33)14-9(38-20)3-36-41(34)39-15-12(32)8(1-2-42(35,43)40-14)37-21(15)31-7-29-11-17(23)25-5-27-19(11)31/h4-9,12-15,20-21,32-33,41H,1-3H2,(H,35,43)(H2,22,24,26)(H2,23,25,27)/t8-,9-,12-,13-,14-,15-,20-,21-,42+/m1/s1. The van der Waals surface area contributed by atoms with E-state index in [2.05, 4.69) is 42.2 Å². The zero-order valence-corrected chi connectivity index (χ0v) is 24.7. The van der Waals surface area contributed by atoms with Crippen molar-refractivity contribution in [3.8, 4) is 0 Å². The van der Waals surface area contributed by atoms with Gasteiger partial charge in [0.2, 0.25) is 0 Å². The summed E-state index contributed by atoms with van der Waals surface area (Å²) in [6.45, 7) is -4.15. The molecule has 1 unspecified atom stereocenters. The quantitative estimate of drug-likeness (QED) is 0.141. The highest BCUT2D eigenvalue weighted by Crippen LogP contribution is 2.57. The number of aliphatic hydroxyl groups is 2. The van der Waals surface area contributed by atoms with E-state index < -0.39 is 70.5 Å². The Hall–Kier alpha value is -2.77. The van der Waals surface area contributed by atoms with Crippen LogP contribution in [0.25, 0.3) is 22.3 Å². The fraction of sp³-hybridized carbons (Fsp3) is 0.524. The average Bonchev–Trinajstić information content (AvgIpc) is 3.73. The number of nitrogen functional groups attached to an aromatic ring is 2. The van der Waals surface area contributed by atoms with Gasteiger partial charge in [-0.25, -0.2) is 29.9 Å². The van der Waals surface area contributed by atoms with Crippen LogP contribution in [0.1, 0.15) is 18.9 Å². The summed E-state index contributed by atoms with van der Waals surface area (Å²) in [7, 11) is -3.32. The maximum atomic E-state index is 13.6. The second-order valence-electron chi connectivity index (χ2n) is 10.1. The van der Waals surface area contributed by atoms with Crippen molar-refractivity contribution in [3.05, 3.63) is 25.3 Å². The number of aliphatic hydroxyl groups excluding tert-OH is 2. The van der Waals surface area contributed by atoms with Gasteiger partial charge in [0.15, 0.2) is 35.4 Å². The van der Waals surface area contributed by atoms with Crippen LogP contribution in [0.2, 0.25) is 0 Å². The van der Waals surface area contributed by atoms with Gasteiger partial charge < -0.3 is 40.2 Å². The summed E-state index contributed by atoms with van der Waals surface area (Å²) in [6.07, 6.45) is -4.24. The maximum Gasteiger partial charge on any atom is 0.319 e. The fourth-order valence-corrected chi connectivity index (χ4v) is 8.31. The number of rotatable bonds is 2. The molecule has 3 aliphatic rings. The Morgan fingerprint density at radius 2 is 1.49 bits per heavy atom. The molecule has 3 fully saturated rings. The monoisotopic (exact) mass is 656 g/mol. The molecule has 0 amide bonds. The predicted octanol–water partition coefficient (Wildman–Crippen LogP) is 0.0505. The van der Waals surface area contributed by atoms with Gasteiger partial charge in [0.25, 0.3) is 6.57 Å². The lowest BCUT2D eigenvalue weighted by molar-refractivity contribution is -0.0517. The summed E-state index contributed by atoms with van der Waals surface area (Å²) in [4.78, 5) is 24.6. The summed E-state index contributed by atoms with van der Waals surface area (Å²) < 4.78 is 58.8. The van der Waals surface area contributed by atoms with Gasteiger partial charge in [0.05, 0.1) is 25.4 Å². The summed E-state index contributed by atoms with van der Waals surface area (Å²) in [5.74, 6) is 0.265. The van der Waals surface area contributed by atoms with Crippen LogP contribution in [0, 0.1) is 0 Å². The molecule has 2 bridgehead atoms. The van der Waals surface area contributed by atoms with Crippen LogP contribution < -0.4 is 11.5 Å². The third-order valence-electron chi connectivity index (χ3n) is 7.53. The number of hydrogen-bond acceptors (Lipinski definition) is 17. The second kappa shape index (κ2) is 11.0. The Balaban J connectivity index is 1.18. The Morgan fingerprint density at radius 3 is 2.14 bits per heavy atom. The van der Waals surface area contributed by atoms with E-state index >= 15 is 0 Å². The first-order valence-electron chi connectivity index (χ1n) is 13.0. The van der Waals surface area contributed by atoms with Gasteiger partial charge >= 0.3 is 8.25 Å². The molecule has 10 atom stereocenters. The van der Waals surface area contributed by atoms with E-state index in [1.165, 1.54) is 34.4 Å². The van der Waals surface area contributed by atoms with Crippen LogP contribution >= 0.6 is 27.1 Å². The van der Waals surface area contributed by atoms with Gasteiger partial charge in [-0.2, -0.15) is 0 Å². The van der Waals surface area contributed by atoms with Crippen molar-refractivity contribution >= 4 is 61.0 Å². The fourth-order valence-electron chi connectivity index (χ4n) is 5.46. The van der Waals surface area contributed by atoms with Crippen LogP contribution in [0.3, 0.4) is 0 Å². The first-order chi connectivity index (χ1) is 20.6. The zero-order valence-electron chi connectivity index (χ0n) is 21.9. The Bertz CT molecular complexity index is 1760.